The molecule has 0 unspecified atom stereocenters. The second-order valence-corrected chi connectivity index (χ2v) is 6.10. The zero-order valence-electron chi connectivity index (χ0n) is 15.1. The molecule has 4 N–H and O–H groups in total. The number of aromatic amines is 1. The molecule has 7 heteroatoms. The van der Waals surface area contributed by atoms with Gasteiger partial charge in [-0.2, -0.15) is 0 Å². The Bertz CT molecular complexity index is 1130. The van der Waals surface area contributed by atoms with E-state index in [9.17, 15) is 14.7 Å². The van der Waals surface area contributed by atoms with Gasteiger partial charge in [0.15, 0.2) is 0 Å². The third kappa shape index (κ3) is 3.52. The first-order valence-corrected chi connectivity index (χ1v) is 8.50. The molecule has 0 aliphatic carbocycles. The van der Waals surface area contributed by atoms with Crippen LogP contribution in [0.25, 0.3) is 5.69 Å². The molecule has 3 aromatic rings. The third-order valence-electron chi connectivity index (χ3n) is 4.19. The van der Waals surface area contributed by atoms with Crippen LogP contribution in [-0.2, 0) is 0 Å². The Labute approximate surface area is 155 Å². The van der Waals surface area contributed by atoms with Crippen molar-refractivity contribution in [1.82, 2.24) is 9.55 Å². The topological polar surface area (TPSA) is 113 Å². The highest BCUT2D eigenvalue weighted by atomic mass is 16.3. The highest BCUT2D eigenvalue weighted by Crippen LogP contribution is 2.24. The molecule has 138 valence electrons. The van der Waals surface area contributed by atoms with E-state index in [-0.39, 0.29) is 5.56 Å². The number of aromatic hydroxyl groups is 1. The maximum Gasteiger partial charge on any atom is 0.335 e. The predicted octanol–water partition coefficient (Wildman–Crippen LogP) is 2.65. The number of aliphatic imine (C=N–C) groups is 1. The maximum atomic E-state index is 12.4. The summed E-state index contributed by atoms with van der Waals surface area (Å²) in [6.45, 7) is 3.72. The van der Waals surface area contributed by atoms with Gasteiger partial charge in [-0.15, -0.1) is 0 Å². The molecule has 27 heavy (non-hydrogen) atoms. The lowest BCUT2D eigenvalue weighted by Crippen LogP contribution is -2.33. The molecule has 7 nitrogen and oxygen atoms in total. The number of hydrogen-bond acceptors (Lipinski definition) is 5. The van der Waals surface area contributed by atoms with Crippen LogP contribution in [-0.4, -0.2) is 20.4 Å². The Morgan fingerprint density at radius 1 is 1.15 bits per heavy atom. The standard InChI is InChI=1S/C20H20N4O3/c1-3-15(22-16-7-5-4-6-14(16)21)17-18(25)23-20(27)24(19(17)26)13-10-8-12(2)9-11-13/h4-11,26H,3,21H2,1-2H3,(H,23,25,27). The molecule has 0 aliphatic rings. The van der Waals surface area contributed by atoms with E-state index in [1.54, 1.807) is 43.3 Å². The van der Waals surface area contributed by atoms with Gasteiger partial charge in [-0.25, -0.2) is 9.36 Å². The molecular weight excluding hydrogens is 344 g/mol. The van der Waals surface area contributed by atoms with Crippen LogP contribution in [0.3, 0.4) is 0 Å². The molecule has 1 aromatic heterocycles. The van der Waals surface area contributed by atoms with Crippen molar-refractivity contribution in [3.05, 3.63) is 80.5 Å². The lowest BCUT2D eigenvalue weighted by Gasteiger charge is -2.13. The molecule has 3 rings (SSSR count). The average molecular weight is 364 g/mol. The van der Waals surface area contributed by atoms with Gasteiger partial charge in [-0.1, -0.05) is 36.8 Å². The maximum absolute atomic E-state index is 12.4. The Kier molecular flexibility index (Phi) is 4.94. The quantitative estimate of drug-likeness (QED) is 0.488. The molecule has 0 bridgehead atoms. The summed E-state index contributed by atoms with van der Waals surface area (Å²) in [5, 5.41) is 10.8. The van der Waals surface area contributed by atoms with Crippen LogP contribution in [0.4, 0.5) is 11.4 Å². The monoisotopic (exact) mass is 364 g/mol. The molecule has 0 aliphatic heterocycles. The van der Waals surface area contributed by atoms with E-state index in [0.29, 0.717) is 29.2 Å². The normalized spacial score (nSPS) is 11.6. The summed E-state index contributed by atoms with van der Waals surface area (Å²) in [6, 6.07) is 14.0. The molecule has 2 aromatic carbocycles. The number of nitrogens with zero attached hydrogens (tertiary/aromatic N) is 2. The number of nitrogen functional groups attached to an aromatic ring is 1. The van der Waals surface area contributed by atoms with Crippen LogP contribution in [0.2, 0.25) is 0 Å². The second-order valence-electron chi connectivity index (χ2n) is 6.10. The SMILES string of the molecule is CCC(=Nc1ccccc1N)c1c(O)n(-c2ccc(C)cc2)c(=O)[nH]c1=O. The number of nitrogens with one attached hydrogen (secondary N) is 1. The van der Waals surface area contributed by atoms with Crippen LogP contribution in [0.5, 0.6) is 5.88 Å². The number of anilines is 1. The van der Waals surface area contributed by atoms with E-state index < -0.39 is 17.1 Å². The number of aromatic nitrogens is 2. The summed E-state index contributed by atoms with van der Waals surface area (Å²) in [7, 11) is 0. The number of hydrogen-bond donors (Lipinski definition) is 3. The number of para-hydroxylation sites is 2. The molecule has 0 saturated carbocycles. The van der Waals surface area contributed by atoms with Crippen LogP contribution < -0.4 is 17.0 Å². The first-order valence-electron chi connectivity index (χ1n) is 8.50. The van der Waals surface area contributed by atoms with Crippen molar-refractivity contribution in [3.8, 4) is 11.6 Å². The summed E-state index contributed by atoms with van der Waals surface area (Å²) in [4.78, 5) is 31.4. The molecular formula is C20H20N4O3. The van der Waals surface area contributed by atoms with Gasteiger partial charge in [-0.3, -0.25) is 14.8 Å². The highest BCUT2D eigenvalue weighted by Gasteiger charge is 2.19. The predicted molar refractivity (Wildman–Crippen MR) is 106 cm³/mol. The molecule has 0 saturated heterocycles. The Morgan fingerprint density at radius 3 is 2.44 bits per heavy atom. The van der Waals surface area contributed by atoms with Gasteiger partial charge < -0.3 is 10.8 Å². The van der Waals surface area contributed by atoms with Crippen molar-refractivity contribution in [2.24, 2.45) is 4.99 Å². The summed E-state index contributed by atoms with van der Waals surface area (Å²) < 4.78 is 1.05. The van der Waals surface area contributed by atoms with Crippen molar-refractivity contribution < 1.29 is 5.11 Å². The zero-order chi connectivity index (χ0) is 19.6. The molecule has 0 atom stereocenters. The van der Waals surface area contributed by atoms with Crippen molar-refractivity contribution in [2.45, 2.75) is 20.3 Å². The van der Waals surface area contributed by atoms with Crippen molar-refractivity contribution in [1.29, 1.82) is 0 Å². The first-order chi connectivity index (χ1) is 12.9. The fraction of sp³-hybridized carbons (Fsp3) is 0.150. The molecule has 1 heterocycles. The fourth-order valence-electron chi connectivity index (χ4n) is 2.77. The average Bonchev–Trinajstić information content (AvgIpc) is 2.63. The van der Waals surface area contributed by atoms with Crippen LogP contribution in [0.15, 0.2) is 63.1 Å². The van der Waals surface area contributed by atoms with E-state index in [1.165, 1.54) is 0 Å². The Balaban J connectivity index is 2.25. The second kappa shape index (κ2) is 7.33. The highest BCUT2D eigenvalue weighted by molar-refractivity contribution is 6.03. The van der Waals surface area contributed by atoms with E-state index >= 15 is 0 Å². The largest absolute Gasteiger partial charge is 0.493 e. The minimum Gasteiger partial charge on any atom is -0.493 e. The van der Waals surface area contributed by atoms with Gasteiger partial charge in [-0.05, 0) is 37.6 Å². The van der Waals surface area contributed by atoms with E-state index in [4.69, 9.17) is 5.73 Å². The van der Waals surface area contributed by atoms with Gasteiger partial charge in [0.25, 0.3) is 5.56 Å². The lowest BCUT2D eigenvalue weighted by molar-refractivity contribution is 0.429. The van der Waals surface area contributed by atoms with Crippen molar-refractivity contribution in [2.75, 3.05) is 5.73 Å². The Hall–Kier alpha value is -3.61. The summed E-state index contributed by atoms with van der Waals surface area (Å²) in [5.41, 5.74) is 7.16. The van der Waals surface area contributed by atoms with E-state index in [0.717, 1.165) is 10.1 Å². The third-order valence-corrected chi connectivity index (χ3v) is 4.19. The van der Waals surface area contributed by atoms with Crippen LogP contribution in [0.1, 0.15) is 24.5 Å². The van der Waals surface area contributed by atoms with Gasteiger partial charge >= 0.3 is 5.69 Å². The fourth-order valence-corrected chi connectivity index (χ4v) is 2.77. The van der Waals surface area contributed by atoms with E-state index in [1.807, 2.05) is 19.1 Å². The molecule has 0 fully saturated rings. The van der Waals surface area contributed by atoms with Gasteiger partial charge in [0.2, 0.25) is 5.88 Å². The number of benzene rings is 2. The number of H-pyrrole nitrogens is 1. The van der Waals surface area contributed by atoms with E-state index in [2.05, 4.69) is 9.98 Å². The van der Waals surface area contributed by atoms with Crippen molar-refractivity contribution in [3.63, 3.8) is 0 Å². The van der Waals surface area contributed by atoms with Gasteiger partial charge in [0.05, 0.1) is 22.8 Å². The minimum atomic E-state index is -0.722. The molecule has 0 radical (unpaired) electrons. The van der Waals surface area contributed by atoms with Gasteiger partial charge in [0.1, 0.15) is 5.56 Å². The zero-order valence-corrected chi connectivity index (χ0v) is 15.1. The summed E-state index contributed by atoms with van der Waals surface area (Å²) in [5.74, 6) is -0.456. The lowest BCUT2D eigenvalue weighted by atomic mass is 10.1. The van der Waals surface area contributed by atoms with Crippen LogP contribution in [0, 0.1) is 6.92 Å². The molecule has 0 amide bonds. The summed E-state index contributed by atoms with van der Waals surface area (Å²) in [6.07, 6.45) is 0.358. The molecule has 0 spiro atoms. The smallest absolute Gasteiger partial charge is 0.335 e. The van der Waals surface area contributed by atoms with Gasteiger partial charge in [0, 0.05) is 0 Å². The number of aryl methyl sites for hydroxylation is 1. The first kappa shape index (κ1) is 18.2. The number of rotatable bonds is 4. The van der Waals surface area contributed by atoms with Crippen molar-refractivity contribution >= 4 is 17.1 Å². The summed E-state index contributed by atoms with van der Waals surface area (Å²) >= 11 is 0. The Morgan fingerprint density at radius 2 is 1.81 bits per heavy atom. The number of nitrogens with two attached hydrogens (primary N) is 1. The van der Waals surface area contributed by atoms with Crippen LogP contribution >= 0.6 is 0 Å². The minimum absolute atomic E-state index is 0.0547.